The minimum Gasteiger partial charge on any atom is -0.480 e. The van der Waals surface area contributed by atoms with Gasteiger partial charge in [0.05, 0.1) is 12.9 Å². The molecule has 3 aromatic rings. The molecule has 0 aliphatic carbocycles. The predicted molar refractivity (Wildman–Crippen MR) is 121 cm³/mol. The quantitative estimate of drug-likeness (QED) is 0.364. The molecular formula is C22H25N7O6. The normalized spacial score (nSPS) is 25.5. The summed E-state index contributed by atoms with van der Waals surface area (Å²) in [6.07, 6.45) is 0.185. The van der Waals surface area contributed by atoms with Gasteiger partial charge in [0.2, 0.25) is 0 Å². The Kier molecular flexibility index (Phi) is 6.55. The summed E-state index contributed by atoms with van der Waals surface area (Å²) in [5.41, 5.74) is 1.70. The summed E-state index contributed by atoms with van der Waals surface area (Å²) >= 11 is 0. The van der Waals surface area contributed by atoms with Gasteiger partial charge in [-0.15, -0.1) is 0 Å². The number of hydrogen-bond donors (Lipinski definition) is 4. The van der Waals surface area contributed by atoms with E-state index in [9.17, 15) is 9.59 Å². The van der Waals surface area contributed by atoms with Crippen LogP contribution in [0.5, 0.6) is 0 Å². The lowest BCUT2D eigenvalue weighted by Crippen LogP contribution is -2.38. The lowest BCUT2D eigenvalue weighted by molar-refractivity contribution is -0.147. The molecule has 2 amide bonds. The van der Waals surface area contributed by atoms with Crippen LogP contribution in [0.1, 0.15) is 25.0 Å². The van der Waals surface area contributed by atoms with E-state index in [-0.39, 0.29) is 18.9 Å². The number of anilines is 1. The Morgan fingerprint density at radius 1 is 1.09 bits per heavy atom. The molecule has 13 heteroatoms. The maximum Gasteiger partial charge on any atom is 0.320 e. The molecule has 1 aromatic carbocycles. The highest BCUT2D eigenvalue weighted by atomic mass is 16.8. The van der Waals surface area contributed by atoms with E-state index < -0.39 is 42.8 Å². The summed E-state index contributed by atoms with van der Waals surface area (Å²) < 4.78 is 20.5. The second kappa shape index (κ2) is 9.92. The number of fused-ring (bicyclic) bond motifs is 2. The number of amides is 2. The first-order valence-corrected chi connectivity index (χ1v) is 11.2. The standard InChI is InChI=1S/C22H25N7O6/c1-2-24-22(32)28-18-15-19(26-10-25-18)29(11-27-15)20-17-16(13(33-20)8-23-9-14(30)31)34-21(35-17)12-6-4-3-5-7-12/h3-7,10-11,13,16-17,20-21,23H,2,8-9H2,1H3,(H,30,31)(H2,24,25,26,28,32)/t13?,16?,17?,20?,21-/m0/s1. The number of ether oxygens (including phenoxy) is 3. The maximum absolute atomic E-state index is 12.0. The average molecular weight is 483 g/mol. The van der Waals surface area contributed by atoms with Gasteiger partial charge in [0, 0.05) is 18.7 Å². The van der Waals surface area contributed by atoms with Crippen molar-refractivity contribution in [1.29, 1.82) is 0 Å². The summed E-state index contributed by atoms with van der Waals surface area (Å²) in [5.74, 6) is -0.703. The third-order valence-corrected chi connectivity index (χ3v) is 5.74. The van der Waals surface area contributed by atoms with Gasteiger partial charge in [-0.1, -0.05) is 30.3 Å². The molecule has 2 fully saturated rings. The SMILES string of the molecule is CCNC(=O)Nc1ncnc2c1ncn2C1OC(CNCC(=O)O)C2O[C@H](c3ccccc3)OC21. The van der Waals surface area contributed by atoms with E-state index in [4.69, 9.17) is 19.3 Å². The van der Waals surface area contributed by atoms with Gasteiger partial charge in [0.25, 0.3) is 0 Å². The lowest BCUT2D eigenvalue weighted by Gasteiger charge is -2.21. The fraction of sp³-hybridized carbons (Fsp3) is 0.409. The van der Waals surface area contributed by atoms with Gasteiger partial charge in [-0.2, -0.15) is 0 Å². The van der Waals surface area contributed by atoms with Crippen LogP contribution >= 0.6 is 0 Å². The van der Waals surface area contributed by atoms with Crippen molar-refractivity contribution in [2.24, 2.45) is 0 Å². The number of rotatable bonds is 8. The second-order valence-electron chi connectivity index (χ2n) is 8.06. The smallest absolute Gasteiger partial charge is 0.320 e. The van der Waals surface area contributed by atoms with Crippen molar-refractivity contribution in [2.75, 3.05) is 25.0 Å². The van der Waals surface area contributed by atoms with Crippen LogP contribution < -0.4 is 16.0 Å². The zero-order valence-electron chi connectivity index (χ0n) is 18.8. The first-order valence-electron chi connectivity index (χ1n) is 11.2. The van der Waals surface area contributed by atoms with Crippen LogP contribution in [-0.4, -0.2) is 74.6 Å². The fourth-order valence-electron chi connectivity index (χ4n) is 4.25. The Morgan fingerprint density at radius 3 is 2.66 bits per heavy atom. The Hall–Kier alpha value is -3.65. The van der Waals surface area contributed by atoms with Crippen molar-refractivity contribution in [3.05, 3.63) is 48.5 Å². The molecule has 5 atom stereocenters. The molecule has 0 spiro atoms. The van der Waals surface area contributed by atoms with Crippen LogP contribution in [0.25, 0.3) is 11.2 Å². The van der Waals surface area contributed by atoms with E-state index >= 15 is 0 Å². The van der Waals surface area contributed by atoms with Gasteiger partial charge < -0.3 is 30.0 Å². The van der Waals surface area contributed by atoms with Crippen LogP contribution in [0.2, 0.25) is 0 Å². The van der Waals surface area contributed by atoms with Gasteiger partial charge >= 0.3 is 12.0 Å². The number of aromatic nitrogens is 4. The van der Waals surface area contributed by atoms with Crippen molar-refractivity contribution in [3.63, 3.8) is 0 Å². The molecule has 13 nitrogen and oxygen atoms in total. The van der Waals surface area contributed by atoms with Gasteiger partial charge in [0.15, 0.2) is 29.5 Å². The largest absolute Gasteiger partial charge is 0.480 e. The third-order valence-electron chi connectivity index (χ3n) is 5.74. The topological polar surface area (TPSA) is 162 Å². The second-order valence-corrected chi connectivity index (χ2v) is 8.06. The molecule has 2 aromatic heterocycles. The summed E-state index contributed by atoms with van der Waals surface area (Å²) in [5, 5.41) is 17.2. The molecule has 2 aliphatic heterocycles. The summed E-state index contributed by atoms with van der Waals surface area (Å²) in [6.45, 7) is 2.32. The number of carboxylic acids is 1. The Morgan fingerprint density at radius 2 is 1.89 bits per heavy atom. The average Bonchev–Trinajstić information content (AvgIpc) is 3.54. The van der Waals surface area contributed by atoms with Crippen molar-refractivity contribution < 1.29 is 28.9 Å². The van der Waals surface area contributed by atoms with Crippen LogP contribution in [-0.2, 0) is 19.0 Å². The van der Waals surface area contributed by atoms with E-state index in [2.05, 4.69) is 30.9 Å². The van der Waals surface area contributed by atoms with E-state index in [1.807, 2.05) is 37.3 Å². The Labute approximate surface area is 199 Å². The maximum atomic E-state index is 12.0. The first kappa shape index (κ1) is 23.1. The minimum absolute atomic E-state index is 0.207. The van der Waals surface area contributed by atoms with Gasteiger partial charge in [-0.25, -0.2) is 19.7 Å². The zero-order valence-corrected chi connectivity index (χ0v) is 18.8. The molecule has 2 saturated heterocycles. The minimum atomic E-state index is -0.966. The first-order chi connectivity index (χ1) is 17.0. The number of carbonyl (C=O) groups excluding carboxylic acids is 1. The van der Waals surface area contributed by atoms with E-state index in [0.29, 0.717) is 17.7 Å². The number of carbonyl (C=O) groups is 2. The highest BCUT2D eigenvalue weighted by molar-refractivity contribution is 5.95. The molecule has 4 N–H and O–H groups in total. The number of imidazole rings is 1. The highest BCUT2D eigenvalue weighted by Crippen LogP contribution is 2.44. The van der Waals surface area contributed by atoms with Crippen LogP contribution in [0, 0.1) is 0 Å². The predicted octanol–water partition coefficient (Wildman–Crippen LogP) is 1.02. The fourth-order valence-corrected chi connectivity index (χ4v) is 4.25. The molecule has 0 saturated carbocycles. The van der Waals surface area contributed by atoms with Crippen molar-refractivity contribution in [1.82, 2.24) is 30.2 Å². The van der Waals surface area contributed by atoms with Crippen LogP contribution in [0.3, 0.4) is 0 Å². The molecule has 0 radical (unpaired) electrons. The number of urea groups is 1. The number of nitrogens with zero attached hydrogens (tertiary/aromatic N) is 4. The van der Waals surface area contributed by atoms with Crippen molar-refractivity contribution in [3.8, 4) is 0 Å². The van der Waals surface area contributed by atoms with Crippen LogP contribution in [0.15, 0.2) is 43.0 Å². The lowest BCUT2D eigenvalue weighted by atomic mass is 10.1. The molecule has 2 aliphatic rings. The molecule has 4 unspecified atom stereocenters. The number of nitrogens with one attached hydrogen (secondary N) is 3. The third kappa shape index (κ3) is 4.66. The van der Waals surface area contributed by atoms with Gasteiger partial charge in [0.1, 0.15) is 24.6 Å². The molecule has 0 bridgehead atoms. The van der Waals surface area contributed by atoms with E-state index in [0.717, 1.165) is 5.56 Å². The highest BCUT2D eigenvalue weighted by Gasteiger charge is 2.53. The number of aliphatic carboxylic acids is 1. The summed E-state index contributed by atoms with van der Waals surface area (Å²) in [7, 11) is 0. The zero-order chi connectivity index (χ0) is 24.4. The summed E-state index contributed by atoms with van der Waals surface area (Å²) in [4.78, 5) is 35.9. The monoisotopic (exact) mass is 483 g/mol. The van der Waals surface area contributed by atoms with Gasteiger partial charge in [-0.3, -0.25) is 14.7 Å². The van der Waals surface area contributed by atoms with Crippen LogP contribution in [0.4, 0.5) is 10.6 Å². The Balaban J connectivity index is 1.43. The number of hydrogen-bond acceptors (Lipinski definition) is 9. The number of carboxylic acid groups (broad SMARTS) is 1. The van der Waals surface area contributed by atoms with Crippen molar-refractivity contribution in [2.45, 2.75) is 37.8 Å². The molecule has 5 rings (SSSR count). The van der Waals surface area contributed by atoms with Crippen molar-refractivity contribution >= 4 is 29.0 Å². The van der Waals surface area contributed by atoms with E-state index in [1.54, 1.807) is 10.9 Å². The Bertz CT molecular complexity index is 1210. The van der Waals surface area contributed by atoms with Gasteiger partial charge in [-0.05, 0) is 6.92 Å². The van der Waals surface area contributed by atoms with E-state index in [1.165, 1.54) is 6.33 Å². The number of benzene rings is 1. The molecule has 184 valence electrons. The summed E-state index contributed by atoms with van der Waals surface area (Å²) in [6, 6.07) is 9.14. The molecule has 4 heterocycles. The molecular weight excluding hydrogens is 458 g/mol. The molecule has 35 heavy (non-hydrogen) atoms.